The summed E-state index contributed by atoms with van der Waals surface area (Å²) in [5, 5.41) is 6.69. The van der Waals surface area contributed by atoms with Gasteiger partial charge >= 0.3 is 0 Å². The van der Waals surface area contributed by atoms with Crippen molar-refractivity contribution in [1.82, 2.24) is 19.5 Å². The Hall–Kier alpha value is -4.56. The Balaban J connectivity index is 1.41. The van der Waals surface area contributed by atoms with Crippen molar-refractivity contribution in [2.75, 3.05) is 5.73 Å². The molecule has 3 aromatic carbocycles. The summed E-state index contributed by atoms with van der Waals surface area (Å²) in [6.45, 7) is 3.44. The summed E-state index contributed by atoms with van der Waals surface area (Å²) >= 11 is 6.16. The second kappa shape index (κ2) is 8.53. The summed E-state index contributed by atoms with van der Waals surface area (Å²) in [5.41, 5.74) is 12.2. The smallest absolute Gasteiger partial charge is 0.283 e. The van der Waals surface area contributed by atoms with Crippen LogP contribution >= 0.6 is 11.6 Å². The van der Waals surface area contributed by atoms with Crippen LogP contribution in [0.1, 0.15) is 19.4 Å². The maximum Gasteiger partial charge on any atom is 0.283 e. The van der Waals surface area contributed by atoms with Crippen molar-refractivity contribution in [3.8, 4) is 0 Å². The summed E-state index contributed by atoms with van der Waals surface area (Å²) < 4.78 is 1.78. The van der Waals surface area contributed by atoms with E-state index >= 15 is 0 Å². The van der Waals surface area contributed by atoms with E-state index in [4.69, 9.17) is 27.3 Å². The number of para-hydroxylation sites is 1. The number of anilines is 1. The molecular formula is C28H21ClN6O2. The van der Waals surface area contributed by atoms with Gasteiger partial charge in [-0.15, -0.1) is 0 Å². The predicted octanol–water partition coefficient (Wildman–Crippen LogP) is 5.19. The van der Waals surface area contributed by atoms with E-state index in [-0.39, 0.29) is 6.54 Å². The summed E-state index contributed by atoms with van der Waals surface area (Å²) in [6, 6.07) is 20.2. The van der Waals surface area contributed by atoms with Crippen molar-refractivity contribution in [2.45, 2.75) is 20.4 Å². The minimum absolute atomic E-state index is 0.130. The number of hydrazone groups is 1. The first kappa shape index (κ1) is 22.9. The predicted molar refractivity (Wildman–Crippen MR) is 146 cm³/mol. The Morgan fingerprint density at radius 3 is 2.54 bits per heavy atom. The number of rotatable bonds is 3. The summed E-state index contributed by atoms with van der Waals surface area (Å²) in [7, 11) is 0. The van der Waals surface area contributed by atoms with E-state index in [1.54, 1.807) is 41.8 Å². The molecule has 182 valence electrons. The molecule has 0 aliphatic carbocycles. The molecule has 9 heteroatoms. The number of nitrogens with zero attached hydrogens (tertiary/aromatic N) is 5. The van der Waals surface area contributed by atoms with Crippen LogP contribution in [-0.2, 0) is 16.1 Å². The molecule has 2 N–H and O–H groups in total. The molecule has 0 fully saturated rings. The van der Waals surface area contributed by atoms with E-state index in [0.717, 1.165) is 27.0 Å². The van der Waals surface area contributed by atoms with Gasteiger partial charge in [-0.3, -0.25) is 9.59 Å². The lowest BCUT2D eigenvalue weighted by Crippen LogP contribution is -2.32. The molecule has 37 heavy (non-hydrogen) atoms. The van der Waals surface area contributed by atoms with Crippen molar-refractivity contribution in [3.05, 3.63) is 82.9 Å². The fourth-order valence-corrected chi connectivity index (χ4v) is 4.92. The monoisotopic (exact) mass is 508 g/mol. The van der Waals surface area contributed by atoms with Gasteiger partial charge in [0.05, 0.1) is 27.8 Å². The molecule has 2 aromatic heterocycles. The average Bonchev–Trinajstić information content (AvgIpc) is 3.35. The third-order valence-corrected chi connectivity index (χ3v) is 6.81. The van der Waals surface area contributed by atoms with E-state index in [2.05, 4.69) is 5.10 Å². The fraction of sp³-hybridized carbons (Fsp3) is 0.107. The number of fused-ring (bicyclic) bond motifs is 4. The van der Waals surface area contributed by atoms with Crippen molar-refractivity contribution in [1.29, 1.82) is 0 Å². The lowest BCUT2D eigenvalue weighted by atomic mass is 9.98. The van der Waals surface area contributed by atoms with Gasteiger partial charge in [-0.2, -0.15) is 10.1 Å². The molecule has 0 spiro atoms. The first-order chi connectivity index (χ1) is 17.8. The van der Waals surface area contributed by atoms with Crippen LogP contribution in [0.2, 0.25) is 5.02 Å². The topological polar surface area (TPSA) is 106 Å². The van der Waals surface area contributed by atoms with Gasteiger partial charge in [-0.05, 0) is 61.4 Å². The normalized spacial score (nSPS) is 15.2. The standard InChI is InChI=1S/C28H21ClN6O2/c1-15(17-7-10-19(30)11-8-17)25-16(2)33-35(28(25)37)24(36)14-34-23-6-4-3-5-20(23)26-27(34)32-21-12-9-18(29)13-22(21)31-26/h3-13H,14,30H2,1-2H3/b25-15-. The number of amides is 2. The number of carbonyl (C=O) groups is 2. The number of carbonyl (C=O) groups excluding carboxylic acids is 2. The van der Waals surface area contributed by atoms with Crippen molar-refractivity contribution < 1.29 is 9.59 Å². The maximum absolute atomic E-state index is 13.5. The van der Waals surface area contributed by atoms with Gasteiger partial charge in [0.1, 0.15) is 12.1 Å². The van der Waals surface area contributed by atoms with E-state index in [0.29, 0.717) is 44.2 Å². The summed E-state index contributed by atoms with van der Waals surface area (Å²) in [5.74, 6) is -0.922. The van der Waals surface area contributed by atoms with E-state index in [1.807, 2.05) is 43.3 Å². The van der Waals surface area contributed by atoms with Crippen LogP contribution < -0.4 is 5.73 Å². The second-order valence-corrected chi connectivity index (χ2v) is 9.39. The van der Waals surface area contributed by atoms with Crippen LogP contribution in [0.3, 0.4) is 0 Å². The molecule has 0 saturated heterocycles. The third kappa shape index (κ3) is 3.73. The number of allylic oxidation sites excluding steroid dienone is 1. The van der Waals surface area contributed by atoms with Crippen LogP contribution in [0.4, 0.5) is 5.69 Å². The van der Waals surface area contributed by atoms with Crippen LogP contribution in [0.15, 0.2) is 77.4 Å². The molecule has 0 bridgehead atoms. The summed E-state index contributed by atoms with van der Waals surface area (Å²) in [6.07, 6.45) is 0. The molecular weight excluding hydrogens is 488 g/mol. The highest BCUT2D eigenvalue weighted by molar-refractivity contribution is 6.31. The highest BCUT2D eigenvalue weighted by atomic mass is 35.5. The van der Waals surface area contributed by atoms with Crippen LogP contribution in [0.5, 0.6) is 0 Å². The van der Waals surface area contributed by atoms with Crippen LogP contribution in [0, 0.1) is 0 Å². The molecule has 0 radical (unpaired) electrons. The van der Waals surface area contributed by atoms with Crippen LogP contribution in [0.25, 0.3) is 38.7 Å². The van der Waals surface area contributed by atoms with Gasteiger partial charge in [0.15, 0.2) is 5.65 Å². The van der Waals surface area contributed by atoms with Crippen molar-refractivity contribution >= 4 is 73.5 Å². The Kier molecular flexibility index (Phi) is 5.27. The van der Waals surface area contributed by atoms with Gasteiger partial charge in [0.25, 0.3) is 11.8 Å². The lowest BCUT2D eigenvalue weighted by molar-refractivity contribution is -0.141. The molecule has 0 saturated carbocycles. The molecule has 0 atom stereocenters. The number of imide groups is 1. The molecule has 1 aliphatic rings. The van der Waals surface area contributed by atoms with Gasteiger partial charge in [-0.25, -0.2) is 9.97 Å². The Bertz CT molecular complexity index is 1840. The molecule has 5 aromatic rings. The third-order valence-electron chi connectivity index (χ3n) is 6.58. The van der Waals surface area contributed by atoms with Gasteiger partial charge < -0.3 is 10.3 Å². The number of nitrogens with two attached hydrogens (primary N) is 1. The SMILES string of the molecule is CC1=NN(C(=O)Cn2c3ccccc3c3nc4cc(Cl)ccc4nc32)C(=O)/C1=C(/C)c1ccc(N)cc1. The zero-order chi connectivity index (χ0) is 25.8. The number of aromatic nitrogens is 3. The molecule has 0 unspecified atom stereocenters. The van der Waals surface area contributed by atoms with Crippen molar-refractivity contribution in [3.63, 3.8) is 0 Å². The first-order valence-electron chi connectivity index (χ1n) is 11.7. The molecule has 2 amide bonds. The Morgan fingerprint density at radius 2 is 1.76 bits per heavy atom. The number of halogens is 1. The zero-order valence-electron chi connectivity index (χ0n) is 20.1. The largest absolute Gasteiger partial charge is 0.399 e. The highest BCUT2D eigenvalue weighted by Gasteiger charge is 2.34. The highest BCUT2D eigenvalue weighted by Crippen LogP contribution is 2.30. The molecule has 8 nitrogen and oxygen atoms in total. The molecule has 1 aliphatic heterocycles. The molecule has 6 rings (SSSR count). The lowest BCUT2D eigenvalue weighted by Gasteiger charge is -2.13. The van der Waals surface area contributed by atoms with Gasteiger partial charge in [0.2, 0.25) is 0 Å². The Labute approximate surface area is 216 Å². The number of hydrogen-bond donors (Lipinski definition) is 1. The minimum atomic E-state index is -0.467. The maximum atomic E-state index is 13.5. The average molecular weight is 509 g/mol. The van der Waals surface area contributed by atoms with E-state index < -0.39 is 11.8 Å². The summed E-state index contributed by atoms with van der Waals surface area (Å²) in [4.78, 5) is 36.4. The van der Waals surface area contributed by atoms with E-state index in [9.17, 15) is 9.59 Å². The van der Waals surface area contributed by atoms with Gasteiger partial charge in [0, 0.05) is 16.1 Å². The fourth-order valence-electron chi connectivity index (χ4n) is 4.76. The van der Waals surface area contributed by atoms with Gasteiger partial charge in [-0.1, -0.05) is 41.9 Å². The Morgan fingerprint density at radius 1 is 1.00 bits per heavy atom. The second-order valence-electron chi connectivity index (χ2n) is 8.95. The minimum Gasteiger partial charge on any atom is -0.399 e. The van der Waals surface area contributed by atoms with Crippen molar-refractivity contribution in [2.24, 2.45) is 5.10 Å². The van der Waals surface area contributed by atoms with E-state index in [1.165, 1.54) is 0 Å². The quantitative estimate of drug-likeness (QED) is 0.266. The number of hydrogen-bond acceptors (Lipinski definition) is 6. The zero-order valence-corrected chi connectivity index (χ0v) is 20.8. The number of benzene rings is 3. The number of nitrogen functional groups attached to an aromatic ring is 1. The molecule has 3 heterocycles. The van der Waals surface area contributed by atoms with Crippen LogP contribution in [-0.4, -0.2) is 37.1 Å². The first-order valence-corrected chi connectivity index (χ1v) is 12.0.